The van der Waals surface area contributed by atoms with Crippen LogP contribution >= 0.6 is 0 Å². The molecule has 0 saturated carbocycles. The predicted molar refractivity (Wildman–Crippen MR) is 86.4 cm³/mol. The van der Waals surface area contributed by atoms with Gasteiger partial charge in [-0.25, -0.2) is 4.39 Å². The molecule has 1 aromatic rings. The van der Waals surface area contributed by atoms with E-state index >= 15 is 0 Å². The first-order valence-corrected chi connectivity index (χ1v) is 7.71. The number of carbonyl (C=O) groups is 1. The molecule has 1 unspecified atom stereocenters. The van der Waals surface area contributed by atoms with Crippen LogP contribution in [0.1, 0.15) is 24.8 Å². The van der Waals surface area contributed by atoms with Crippen molar-refractivity contribution in [1.82, 2.24) is 10.2 Å². The first-order chi connectivity index (χ1) is 11.0. The second-order valence-corrected chi connectivity index (χ2v) is 5.81. The molecule has 2 rings (SSSR count). The summed E-state index contributed by atoms with van der Waals surface area (Å²) in [6.45, 7) is 1.99. The molecule has 1 aliphatic rings. The monoisotopic (exact) mass is 322 g/mol. The van der Waals surface area contributed by atoms with E-state index in [2.05, 4.69) is 15.2 Å². The third kappa shape index (κ3) is 4.84. The lowest BCUT2D eigenvalue weighted by Gasteiger charge is -2.34. The topological polar surface area (TPSA) is 91.0 Å². The van der Waals surface area contributed by atoms with Crippen LogP contribution in [0.15, 0.2) is 23.2 Å². The summed E-state index contributed by atoms with van der Waals surface area (Å²) in [7, 11) is 1.69. The molecule has 0 bridgehead atoms. The van der Waals surface area contributed by atoms with Crippen LogP contribution in [0, 0.1) is 11.7 Å². The number of hydrogen-bond acceptors (Lipinski definition) is 3. The molecule has 1 aromatic carbocycles. The molecule has 1 aliphatic heterocycles. The summed E-state index contributed by atoms with van der Waals surface area (Å²) in [4.78, 5) is 17.4. The van der Waals surface area contributed by atoms with Gasteiger partial charge in [-0.1, -0.05) is 6.07 Å². The van der Waals surface area contributed by atoms with Crippen LogP contribution in [0.5, 0.6) is 5.75 Å². The number of likely N-dealkylation sites (tertiary alicyclic amines) is 1. The fraction of sp³-hybridized carbons (Fsp3) is 0.500. The average molecular weight is 322 g/mol. The number of hydrogen-bond donors (Lipinski definition) is 3. The molecule has 1 fully saturated rings. The first kappa shape index (κ1) is 17.1. The fourth-order valence-corrected chi connectivity index (χ4v) is 2.88. The normalized spacial score (nSPS) is 18.8. The summed E-state index contributed by atoms with van der Waals surface area (Å²) in [5, 5.41) is 12.4. The highest BCUT2D eigenvalue weighted by molar-refractivity contribution is 5.80. The van der Waals surface area contributed by atoms with Crippen LogP contribution in [-0.2, 0) is 11.3 Å². The number of phenols is 1. The van der Waals surface area contributed by atoms with Crippen molar-refractivity contribution in [2.24, 2.45) is 16.6 Å². The van der Waals surface area contributed by atoms with Crippen LogP contribution in [0.25, 0.3) is 0 Å². The Hall–Kier alpha value is -2.31. The van der Waals surface area contributed by atoms with E-state index in [1.54, 1.807) is 13.1 Å². The number of halogens is 1. The molecule has 0 aromatic heterocycles. The summed E-state index contributed by atoms with van der Waals surface area (Å²) >= 11 is 0. The van der Waals surface area contributed by atoms with Gasteiger partial charge in [0.1, 0.15) is 0 Å². The zero-order valence-electron chi connectivity index (χ0n) is 13.3. The van der Waals surface area contributed by atoms with Crippen LogP contribution in [0.4, 0.5) is 4.39 Å². The van der Waals surface area contributed by atoms with Gasteiger partial charge in [-0.15, -0.1) is 0 Å². The number of rotatable bonds is 4. The van der Waals surface area contributed by atoms with E-state index in [1.165, 1.54) is 12.1 Å². The Morgan fingerprint density at radius 2 is 2.35 bits per heavy atom. The summed E-state index contributed by atoms with van der Waals surface area (Å²) in [5.74, 6) is -0.319. The molecule has 4 N–H and O–H groups in total. The number of aliphatic imine (C=N–C) groups is 1. The standard InChI is InChI=1S/C16H23FN4O2/c1-19-16(20-9-11-4-5-14(22)13(17)7-11)21-6-2-3-12(10-21)8-15(18)23/h4-5,7,12,22H,2-3,6,8-10H2,1H3,(H2,18,23)(H,19,20). The molecular formula is C16H23FN4O2. The molecule has 1 amide bonds. The van der Waals surface area contributed by atoms with Crippen molar-refractivity contribution < 1.29 is 14.3 Å². The molecule has 1 atom stereocenters. The minimum Gasteiger partial charge on any atom is -0.505 e. The number of aromatic hydroxyl groups is 1. The largest absolute Gasteiger partial charge is 0.505 e. The smallest absolute Gasteiger partial charge is 0.217 e. The van der Waals surface area contributed by atoms with Gasteiger partial charge in [-0.3, -0.25) is 9.79 Å². The van der Waals surface area contributed by atoms with Crippen LogP contribution < -0.4 is 11.1 Å². The van der Waals surface area contributed by atoms with Crippen LogP contribution in [0.3, 0.4) is 0 Å². The number of guanidine groups is 1. The predicted octanol–water partition coefficient (Wildman–Crippen LogP) is 1.19. The average Bonchev–Trinajstić information content (AvgIpc) is 2.51. The number of phenolic OH excluding ortho intramolecular Hbond substituents is 1. The maximum Gasteiger partial charge on any atom is 0.217 e. The second kappa shape index (κ2) is 7.80. The SMILES string of the molecule is CN=C(NCc1ccc(O)c(F)c1)N1CCCC(CC(N)=O)C1. The van der Waals surface area contributed by atoms with Crippen LogP contribution in [0.2, 0.25) is 0 Å². The molecule has 0 spiro atoms. The molecule has 126 valence electrons. The highest BCUT2D eigenvalue weighted by Crippen LogP contribution is 2.20. The summed E-state index contributed by atoms with van der Waals surface area (Å²) < 4.78 is 13.4. The van der Waals surface area contributed by atoms with Crippen molar-refractivity contribution in [2.75, 3.05) is 20.1 Å². The highest BCUT2D eigenvalue weighted by atomic mass is 19.1. The van der Waals surface area contributed by atoms with Crippen molar-refractivity contribution >= 4 is 11.9 Å². The number of amides is 1. The molecule has 1 heterocycles. The first-order valence-electron chi connectivity index (χ1n) is 7.71. The van der Waals surface area contributed by atoms with E-state index < -0.39 is 5.82 Å². The van der Waals surface area contributed by atoms with Gasteiger partial charge >= 0.3 is 0 Å². The second-order valence-electron chi connectivity index (χ2n) is 5.81. The van der Waals surface area contributed by atoms with Crippen LogP contribution in [-0.4, -0.2) is 42.0 Å². The Labute approximate surface area is 135 Å². The number of primary amides is 1. The van der Waals surface area contributed by atoms with Gasteiger partial charge in [-0.2, -0.15) is 0 Å². The Balaban J connectivity index is 1.94. The van der Waals surface area contributed by atoms with Gasteiger partial charge in [0.25, 0.3) is 0 Å². The summed E-state index contributed by atoms with van der Waals surface area (Å²) in [6.07, 6.45) is 2.35. The lowest BCUT2D eigenvalue weighted by atomic mass is 9.95. The van der Waals surface area contributed by atoms with E-state index in [0.717, 1.165) is 25.9 Å². The van der Waals surface area contributed by atoms with Crippen molar-refractivity contribution in [1.29, 1.82) is 0 Å². The molecule has 0 aliphatic carbocycles. The maximum absolute atomic E-state index is 13.4. The fourth-order valence-electron chi connectivity index (χ4n) is 2.88. The zero-order chi connectivity index (χ0) is 16.8. The Kier molecular flexibility index (Phi) is 5.78. The van der Waals surface area contributed by atoms with E-state index in [9.17, 15) is 14.3 Å². The zero-order valence-corrected chi connectivity index (χ0v) is 13.3. The number of nitrogens with two attached hydrogens (primary N) is 1. The van der Waals surface area contributed by atoms with Crippen molar-refractivity contribution in [3.8, 4) is 5.75 Å². The van der Waals surface area contributed by atoms with E-state index in [-0.39, 0.29) is 17.6 Å². The number of carbonyl (C=O) groups excluding carboxylic acids is 1. The Morgan fingerprint density at radius 1 is 1.57 bits per heavy atom. The van der Waals surface area contributed by atoms with Crippen molar-refractivity contribution in [3.63, 3.8) is 0 Å². The van der Waals surface area contributed by atoms with Gasteiger partial charge in [0.05, 0.1) is 0 Å². The molecule has 23 heavy (non-hydrogen) atoms. The molecule has 0 radical (unpaired) electrons. The van der Waals surface area contributed by atoms with E-state index in [1.807, 2.05) is 0 Å². The number of benzene rings is 1. The molecule has 7 heteroatoms. The number of nitrogens with zero attached hydrogens (tertiary/aromatic N) is 2. The van der Waals surface area contributed by atoms with Crippen molar-refractivity contribution in [2.45, 2.75) is 25.8 Å². The van der Waals surface area contributed by atoms with Gasteiger partial charge in [-0.05, 0) is 36.5 Å². The van der Waals surface area contributed by atoms with Gasteiger partial charge in [0.2, 0.25) is 5.91 Å². The Morgan fingerprint density at radius 3 is 3.00 bits per heavy atom. The van der Waals surface area contributed by atoms with Gasteiger partial charge < -0.3 is 21.1 Å². The number of nitrogens with one attached hydrogen (secondary N) is 1. The van der Waals surface area contributed by atoms with Gasteiger partial charge in [0.15, 0.2) is 17.5 Å². The molecule has 1 saturated heterocycles. The maximum atomic E-state index is 13.4. The summed E-state index contributed by atoms with van der Waals surface area (Å²) in [6, 6.07) is 4.28. The highest BCUT2D eigenvalue weighted by Gasteiger charge is 2.23. The van der Waals surface area contributed by atoms with Crippen molar-refractivity contribution in [3.05, 3.63) is 29.6 Å². The van der Waals surface area contributed by atoms with E-state index in [4.69, 9.17) is 5.73 Å². The minimum atomic E-state index is -0.640. The molecular weight excluding hydrogens is 299 g/mol. The lowest BCUT2D eigenvalue weighted by Crippen LogP contribution is -2.46. The minimum absolute atomic E-state index is 0.242. The number of piperidine rings is 1. The Bertz CT molecular complexity index is 591. The van der Waals surface area contributed by atoms with Gasteiger partial charge in [0, 0.05) is 33.1 Å². The third-order valence-corrected chi connectivity index (χ3v) is 3.98. The molecule has 6 nitrogen and oxygen atoms in total. The quantitative estimate of drug-likeness (QED) is 0.574. The summed E-state index contributed by atoms with van der Waals surface area (Å²) in [5.41, 5.74) is 5.99. The third-order valence-electron chi connectivity index (χ3n) is 3.98. The lowest BCUT2D eigenvalue weighted by molar-refractivity contribution is -0.119. The van der Waals surface area contributed by atoms with E-state index in [0.29, 0.717) is 24.5 Å².